The van der Waals surface area contributed by atoms with Crippen LogP contribution in [0.3, 0.4) is 0 Å². The van der Waals surface area contributed by atoms with Crippen LogP contribution >= 0.6 is 0 Å². The fourth-order valence-corrected chi connectivity index (χ4v) is 2.92. The largest absolute Gasteiger partial charge is 0.488 e. The number of benzene rings is 1. The fourth-order valence-electron chi connectivity index (χ4n) is 2.92. The second kappa shape index (κ2) is 6.28. The zero-order chi connectivity index (χ0) is 17.3. The van der Waals surface area contributed by atoms with Gasteiger partial charge < -0.3 is 19.3 Å². The second-order valence-corrected chi connectivity index (χ2v) is 6.56. The van der Waals surface area contributed by atoms with Crippen LogP contribution < -0.4 is 4.74 Å². The summed E-state index contributed by atoms with van der Waals surface area (Å²) in [4.78, 5) is 14.4. The third-order valence-corrected chi connectivity index (χ3v) is 4.41. The van der Waals surface area contributed by atoms with Crippen LogP contribution in [0.15, 0.2) is 28.8 Å². The highest BCUT2D eigenvalue weighted by Gasteiger charge is 2.35. The molecule has 6 nitrogen and oxygen atoms in total. The molecule has 1 aliphatic heterocycles. The van der Waals surface area contributed by atoms with Crippen molar-refractivity contribution >= 4 is 5.91 Å². The summed E-state index contributed by atoms with van der Waals surface area (Å²) >= 11 is 0. The molecule has 0 aliphatic carbocycles. The molecule has 24 heavy (non-hydrogen) atoms. The first-order valence-electron chi connectivity index (χ1n) is 8.02. The van der Waals surface area contributed by atoms with Gasteiger partial charge in [-0.05, 0) is 39.3 Å². The molecule has 1 aliphatic rings. The van der Waals surface area contributed by atoms with E-state index in [9.17, 15) is 9.90 Å². The van der Waals surface area contributed by atoms with Crippen molar-refractivity contribution < 1.29 is 19.2 Å². The van der Waals surface area contributed by atoms with E-state index in [1.165, 1.54) is 0 Å². The van der Waals surface area contributed by atoms with Gasteiger partial charge >= 0.3 is 0 Å². The average Bonchev–Trinajstić information content (AvgIpc) is 3.07. The molecule has 0 bridgehead atoms. The van der Waals surface area contributed by atoms with Crippen LogP contribution in [-0.2, 0) is 6.61 Å². The number of likely N-dealkylation sites (tertiary alicyclic amines) is 1. The number of aliphatic hydroxyl groups is 1. The van der Waals surface area contributed by atoms with E-state index < -0.39 is 5.60 Å². The van der Waals surface area contributed by atoms with Crippen molar-refractivity contribution in [3.63, 3.8) is 0 Å². The van der Waals surface area contributed by atoms with E-state index in [2.05, 4.69) is 5.16 Å². The van der Waals surface area contributed by atoms with Crippen molar-refractivity contribution in [2.24, 2.45) is 0 Å². The Morgan fingerprint density at radius 2 is 2.17 bits per heavy atom. The Hall–Kier alpha value is -2.34. The molecule has 1 aromatic carbocycles. The van der Waals surface area contributed by atoms with Gasteiger partial charge in [0.15, 0.2) is 0 Å². The van der Waals surface area contributed by atoms with E-state index in [1.54, 1.807) is 24.0 Å². The number of aryl methyl sites for hydroxylation is 2. The number of rotatable bonds is 4. The summed E-state index contributed by atoms with van der Waals surface area (Å²) in [5.74, 6) is 1.11. The topological polar surface area (TPSA) is 75.8 Å². The predicted octanol–water partition coefficient (Wildman–Crippen LogP) is 2.47. The SMILES string of the molecule is Cc1noc(C)c1COc1ccccc1C(=O)N1CC[C@](C)(O)C1. The van der Waals surface area contributed by atoms with Crippen molar-refractivity contribution in [2.45, 2.75) is 39.4 Å². The monoisotopic (exact) mass is 330 g/mol. The Morgan fingerprint density at radius 1 is 1.42 bits per heavy atom. The van der Waals surface area contributed by atoms with Crippen LogP contribution in [0.2, 0.25) is 0 Å². The van der Waals surface area contributed by atoms with E-state index in [0.717, 1.165) is 11.3 Å². The molecule has 3 rings (SSSR count). The average molecular weight is 330 g/mol. The summed E-state index contributed by atoms with van der Waals surface area (Å²) in [6.45, 7) is 6.62. The van der Waals surface area contributed by atoms with E-state index in [0.29, 0.717) is 43.2 Å². The molecule has 1 amide bonds. The molecule has 0 unspecified atom stereocenters. The summed E-state index contributed by atoms with van der Waals surface area (Å²) in [5, 5.41) is 14.0. The van der Waals surface area contributed by atoms with Gasteiger partial charge in [0.1, 0.15) is 18.1 Å². The number of hydrogen-bond acceptors (Lipinski definition) is 5. The van der Waals surface area contributed by atoms with Gasteiger partial charge in [-0.15, -0.1) is 0 Å². The normalized spacial score (nSPS) is 20.4. The Kier molecular flexibility index (Phi) is 4.32. The number of carbonyl (C=O) groups is 1. The number of amides is 1. The van der Waals surface area contributed by atoms with Gasteiger partial charge in [-0.1, -0.05) is 17.3 Å². The van der Waals surface area contributed by atoms with Crippen molar-refractivity contribution in [3.05, 3.63) is 46.8 Å². The van der Waals surface area contributed by atoms with Crippen LogP contribution in [0.25, 0.3) is 0 Å². The van der Waals surface area contributed by atoms with Crippen LogP contribution in [0.1, 0.15) is 40.7 Å². The number of β-amino-alcohol motifs (C(OH)–C–C–N with tert-alkyl or cyclic N) is 1. The molecule has 6 heteroatoms. The summed E-state index contributed by atoms with van der Waals surface area (Å²) < 4.78 is 11.0. The van der Waals surface area contributed by atoms with Gasteiger partial charge in [0.25, 0.3) is 5.91 Å². The molecular formula is C18H22N2O4. The van der Waals surface area contributed by atoms with E-state index in [4.69, 9.17) is 9.26 Å². The fraction of sp³-hybridized carbons (Fsp3) is 0.444. The van der Waals surface area contributed by atoms with Gasteiger partial charge in [0, 0.05) is 13.1 Å². The van der Waals surface area contributed by atoms with Gasteiger partial charge in [0.05, 0.1) is 22.4 Å². The molecule has 1 N–H and O–H groups in total. The Labute approximate surface area is 141 Å². The lowest BCUT2D eigenvalue weighted by molar-refractivity contribution is 0.0569. The van der Waals surface area contributed by atoms with Crippen molar-refractivity contribution in [1.29, 1.82) is 0 Å². The third-order valence-electron chi connectivity index (χ3n) is 4.41. The lowest BCUT2D eigenvalue weighted by atomic mass is 10.1. The Bertz CT molecular complexity index is 732. The van der Waals surface area contributed by atoms with Gasteiger partial charge in [0.2, 0.25) is 0 Å². The maximum absolute atomic E-state index is 12.8. The summed E-state index contributed by atoms with van der Waals surface area (Å²) in [6.07, 6.45) is 0.584. The minimum atomic E-state index is -0.817. The van der Waals surface area contributed by atoms with Crippen LogP contribution in [-0.4, -0.2) is 39.8 Å². The molecule has 1 saturated heterocycles. The maximum Gasteiger partial charge on any atom is 0.257 e. The minimum absolute atomic E-state index is 0.123. The van der Waals surface area contributed by atoms with E-state index >= 15 is 0 Å². The molecular weight excluding hydrogens is 308 g/mol. The van der Waals surface area contributed by atoms with E-state index in [-0.39, 0.29) is 5.91 Å². The minimum Gasteiger partial charge on any atom is -0.488 e. The number of hydrogen-bond donors (Lipinski definition) is 1. The highest BCUT2D eigenvalue weighted by Crippen LogP contribution is 2.27. The number of ether oxygens (including phenoxy) is 1. The quantitative estimate of drug-likeness (QED) is 0.932. The zero-order valence-electron chi connectivity index (χ0n) is 14.2. The molecule has 2 aromatic rings. The molecule has 1 aromatic heterocycles. The first kappa shape index (κ1) is 16.5. The van der Waals surface area contributed by atoms with Crippen molar-refractivity contribution in [1.82, 2.24) is 10.1 Å². The summed E-state index contributed by atoms with van der Waals surface area (Å²) in [7, 11) is 0. The second-order valence-electron chi connectivity index (χ2n) is 6.56. The lowest BCUT2D eigenvalue weighted by Crippen LogP contribution is -2.34. The number of carbonyl (C=O) groups excluding carboxylic acids is 1. The van der Waals surface area contributed by atoms with Crippen LogP contribution in [0.4, 0.5) is 0 Å². The highest BCUT2D eigenvalue weighted by molar-refractivity contribution is 5.97. The van der Waals surface area contributed by atoms with Crippen molar-refractivity contribution in [2.75, 3.05) is 13.1 Å². The molecule has 1 fully saturated rings. The number of nitrogens with zero attached hydrogens (tertiary/aromatic N) is 2. The van der Waals surface area contributed by atoms with Gasteiger partial charge in [-0.2, -0.15) is 0 Å². The highest BCUT2D eigenvalue weighted by atomic mass is 16.5. The molecule has 128 valence electrons. The smallest absolute Gasteiger partial charge is 0.257 e. The Balaban J connectivity index is 1.77. The first-order valence-corrected chi connectivity index (χ1v) is 8.02. The number of aromatic nitrogens is 1. The standard InChI is InChI=1S/C18H22N2O4/c1-12-15(13(2)24-19-12)10-23-16-7-5-4-6-14(16)17(21)20-9-8-18(3,22)11-20/h4-7,22H,8-11H2,1-3H3/t18-/m0/s1. The zero-order valence-corrected chi connectivity index (χ0v) is 14.2. The maximum atomic E-state index is 12.8. The van der Waals surface area contributed by atoms with Crippen LogP contribution in [0, 0.1) is 13.8 Å². The van der Waals surface area contributed by atoms with E-state index in [1.807, 2.05) is 26.0 Å². The first-order chi connectivity index (χ1) is 11.4. The molecule has 0 saturated carbocycles. The molecule has 0 spiro atoms. The van der Waals surface area contributed by atoms with Gasteiger partial charge in [-0.3, -0.25) is 4.79 Å². The third kappa shape index (κ3) is 3.28. The number of para-hydroxylation sites is 1. The molecule has 2 heterocycles. The molecule has 1 atom stereocenters. The van der Waals surface area contributed by atoms with Crippen molar-refractivity contribution in [3.8, 4) is 5.75 Å². The summed E-state index contributed by atoms with van der Waals surface area (Å²) in [5.41, 5.74) is 1.36. The molecule has 0 radical (unpaired) electrons. The predicted molar refractivity (Wildman–Crippen MR) is 87.9 cm³/mol. The summed E-state index contributed by atoms with van der Waals surface area (Å²) in [6, 6.07) is 7.17. The van der Waals surface area contributed by atoms with Gasteiger partial charge in [-0.25, -0.2) is 0 Å². The Morgan fingerprint density at radius 3 is 2.79 bits per heavy atom. The van der Waals surface area contributed by atoms with Crippen LogP contribution in [0.5, 0.6) is 5.75 Å². The lowest BCUT2D eigenvalue weighted by Gasteiger charge is -2.20.